The van der Waals surface area contributed by atoms with Crippen molar-refractivity contribution >= 4 is 40.1 Å². The van der Waals surface area contributed by atoms with E-state index in [2.05, 4.69) is 20.6 Å². The fourth-order valence-electron chi connectivity index (χ4n) is 4.25. The quantitative estimate of drug-likeness (QED) is 0.235. The minimum Gasteiger partial charge on any atom is -0.389 e. The Morgan fingerprint density at radius 2 is 1.82 bits per heavy atom. The molecule has 40 heavy (non-hydrogen) atoms. The van der Waals surface area contributed by atoms with Crippen LogP contribution in [0.4, 0.5) is 17.4 Å². The van der Waals surface area contributed by atoms with Crippen LogP contribution >= 0.6 is 0 Å². The highest BCUT2D eigenvalue weighted by Crippen LogP contribution is 2.26. The molecule has 206 valence electrons. The second-order valence-electron chi connectivity index (χ2n) is 9.71. The van der Waals surface area contributed by atoms with Gasteiger partial charge >= 0.3 is 5.63 Å². The molecule has 2 amide bonds. The number of aromatic nitrogens is 2. The van der Waals surface area contributed by atoms with Crippen LogP contribution < -0.4 is 16.3 Å². The van der Waals surface area contributed by atoms with Crippen LogP contribution in [0.5, 0.6) is 0 Å². The van der Waals surface area contributed by atoms with Crippen LogP contribution in [0.2, 0.25) is 0 Å². The van der Waals surface area contributed by atoms with E-state index in [1.165, 1.54) is 30.3 Å². The van der Waals surface area contributed by atoms with Crippen LogP contribution in [0.3, 0.4) is 0 Å². The van der Waals surface area contributed by atoms with E-state index < -0.39 is 22.0 Å². The maximum Gasteiger partial charge on any atom is 0.348 e. The van der Waals surface area contributed by atoms with Crippen molar-refractivity contribution in [3.05, 3.63) is 98.1 Å². The average Bonchev–Trinajstić information content (AvgIpc) is 2.92. The number of nitrogens with zero attached hydrogens (tertiary/aromatic N) is 4. The number of aryl methyl sites for hydroxylation is 1. The highest BCUT2D eigenvalue weighted by atomic mass is 16.6. The summed E-state index contributed by atoms with van der Waals surface area (Å²) in [6, 6.07) is 14.1. The number of carbonyl (C=O) groups is 2. The van der Waals surface area contributed by atoms with Crippen molar-refractivity contribution in [1.29, 1.82) is 0 Å². The highest BCUT2D eigenvalue weighted by molar-refractivity contribution is 6.08. The van der Waals surface area contributed by atoms with E-state index in [1.807, 2.05) is 18.2 Å². The molecule has 4 rings (SSSR count). The fourth-order valence-corrected chi connectivity index (χ4v) is 4.25. The molecule has 2 heterocycles. The molecule has 0 atom stereocenters. The number of likely N-dealkylation sites (N-methyl/N-ethyl adjacent to an activating group) is 1. The Morgan fingerprint density at radius 3 is 2.52 bits per heavy atom. The van der Waals surface area contributed by atoms with Crippen LogP contribution in [0.15, 0.2) is 70.0 Å². The molecule has 0 aliphatic rings. The van der Waals surface area contributed by atoms with Gasteiger partial charge in [0.15, 0.2) is 0 Å². The SMILES string of the molecule is Cc1c(NC(=O)c2ccccc2[N+](=O)[O-])ccc2nc(NC(C)(C)C(=O)N(C)CCc3ccccn3)oc(=O)c12. The first-order valence-electron chi connectivity index (χ1n) is 12.4. The maximum absolute atomic E-state index is 13.1. The number of hydrogen-bond acceptors (Lipinski definition) is 9. The smallest absolute Gasteiger partial charge is 0.348 e. The van der Waals surface area contributed by atoms with Gasteiger partial charge in [0.25, 0.3) is 17.6 Å². The van der Waals surface area contributed by atoms with E-state index in [0.29, 0.717) is 18.5 Å². The van der Waals surface area contributed by atoms with Gasteiger partial charge in [-0.15, -0.1) is 0 Å². The molecule has 0 saturated heterocycles. The summed E-state index contributed by atoms with van der Waals surface area (Å²) in [4.78, 5) is 59.8. The van der Waals surface area contributed by atoms with Crippen molar-refractivity contribution < 1.29 is 18.9 Å². The number of nitro groups is 1. The van der Waals surface area contributed by atoms with Crippen molar-refractivity contribution in [3.8, 4) is 0 Å². The molecule has 4 aromatic rings. The van der Waals surface area contributed by atoms with Crippen molar-refractivity contribution in [2.45, 2.75) is 32.7 Å². The second kappa shape index (κ2) is 11.3. The standard InChI is InChI=1S/C28H28N6O6/c1-17-20(30-24(35)19-10-5-6-11-22(19)34(38)39)12-13-21-23(17)25(36)40-27(31-21)32-28(2,3)26(37)33(4)16-14-18-9-7-8-15-29-18/h5-13,15H,14,16H2,1-4H3,(H,30,35)(H,31,32). The number of nitro benzene ring substituents is 1. The van der Waals surface area contributed by atoms with Gasteiger partial charge in [0, 0.05) is 43.7 Å². The lowest BCUT2D eigenvalue weighted by Crippen LogP contribution is -2.49. The first kappa shape index (κ1) is 27.9. The Hall–Kier alpha value is -5.13. The predicted octanol–water partition coefficient (Wildman–Crippen LogP) is 3.94. The zero-order valence-electron chi connectivity index (χ0n) is 22.4. The maximum atomic E-state index is 13.1. The van der Waals surface area contributed by atoms with Gasteiger partial charge in [-0.2, -0.15) is 4.98 Å². The molecule has 12 nitrogen and oxygen atoms in total. The molecule has 0 unspecified atom stereocenters. The minimum absolute atomic E-state index is 0.117. The number of benzene rings is 2. The van der Waals surface area contributed by atoms with E-state index in [1.54, 1.807) is 45.0 Å². The van der Waals surface area contributed by atoms with E-state index >= 15 is 0 Å². The molecule has 0 saturated carbocycles. The van der Waals surface area contributed by atoms with Crippen molar-refractivity contribution in [3.63, 3.8) is 0 Å². The van der Waals surface area contributed by atoms with Gasteiger partial charge in [-0.25, -0.2) is 4.79 Å². The molecule has 2 aromatic carbocycles. The lowest BCUT2D eigenvalue weighted by Gasteiger charge is -2.30. The molecule has 0 spiro atoms. The number of nitrogens with one attached hydrogen (secondary N) is 2. The zero-order chi connectivity index (χ0) is 29.0. The molecule has 0 bridgehead atoms. The van der Waals surface area contributed by atoms with Crippen LogP contribution in [0.25, 0.3) is 10.9 Å². The molecule has 2 N–H and O–H groups in total. The van der Waals surface area contributed by atoms with Gasteiger partial charge in [0.2, 0.25) is 5.91 Å². The molecule has 2 aromatic heterocycles. The Bertz CT molecular complexity index is 1650. The van der Waals surface area contributed by atoms with Crippen LogP contribution in [-0.2, 0) is 11.2 Å². The number of anilines is 2. The molecule has 0 radical (unpaired) electrons. The lowest BCUT2D eigenvalue weighted by molar-refractivity contribution is -0.385. The molecule has 12 heteroatoms. The van der Waals surface area contributed by atoms with E-state index in [4.69, 9.17) is 4.42 Å². The van der Waals surface area contributed by atoms with Crippen molar-refractivity contribution in [1.82, 2.24) is 14.9 Å². The molecule has 0 aliphatic carbocycles. The summed E-state index contributed by atoms with van der Waals surface area (Å²) >= 11 is 0. The van der Waals surface area contributed by atoms with Crippen LogP contribution in [0, 0.1) is 17.0 Å². The molecule has 0 fully saturated rings. The zero-order valence-corrected chi connectivity index (χ0v) is 22.4. The number of amides is 2. The summed E-state index contributed by atoms with van der Waals surface area (Å²) in [5, 5.41) is 17.0. The normalized spacial score (nSPS) is 11.2. The summed E-state index contributed by atoms with van der Waals surface area (Å²) in [6.07, 6.45) is 2.28. The number of fused-ring (bicyclic) bond motifs is 1. The summed E-state index contributed by atoms with van der Waals surface area (Å²) in [6.45, 7) is 5.36. The van der Waals surface area contributed by atoms with Gasteiger partial charge in [-0.05, 0) is 56.7 Å². The summed E-state index contributed by atoms with van der Waals surface area (Å²) in [5.74, 6) is -0.935. The first-order chi connectivity index (χ1) is 19.0. The monoisotopic (exact) mass is 544 g/mol. The van der Waals surface area contributed by atoms with Crippen LogP contribution in [0.1, 0.15) is 35.5 Å². The first-order valence-corrected chi connectivity index (χ1v) is 12.4. The van der Waals surface area contributed by atoms with E-state index in [0.717, 1.165) is 5.69 Å². The van der Waals surface area contributed by atoms with Crippen molar-refractivity contribution in [2.24, 2.45) is 0 Å². The van der Waals surface area contributed by atoms with Gasteiger partial charge in [-0.1, -0.05) is 18.2 Å². The Labute approximate surface area is 229 Å². The number of hydrogen-bond donors (Lipinski definition) is 2. The molecule has 0 aliphatic heterocycles. The summed E-state index contributed by atoms with van der Waals surface area (Å²) < 4.78 is 5.40. The van der Waals surface area contributed by atoms with Crippen LogP contribution in [-0.4, -0.2) is 50.7 Å². The number of pyridine rings is 1. The number of para-hydroxylation sites is 1. The highest BCUT2D eigenvalue weighted by Gasteiger charge is 2.32. The minimum atomic E-state index is -1.15. The largest absolute Gasteiger partial charge is 0.389 e. The fraction of sp³-hybridized carbons (Fsp3) is 0.250. The Kier molecular flexibility index (Phi) is 7.89. The molecular formula is C28H28N6O6. The van der Waals surface area contributed by atoms with Crippen molar-refractivity contribution in [2.75, 3.05) is 24.2 Å². The lowest BCUT2D eigenvalue weighted by atomic mass is 10.0. The Balaban J connectivity index is 1.53. The number of carbonyl (C=O) groups excluding carboxylic acids is 2. The Morgan fingerprint density at radius 1 is 1.10 bits per heavy atom. The second-order valence-corrected chi connectivity index (χ2v) is 9.71. The van der Waals surface area contributed by atoms with Gasteiger partial charge in [0.05, 0.1) is 15.8 Å². The molecular weight excluding hydrogens is 516 g/mol. The topological polar surface area (TPSA) is 161 Å². The average molecular weight is 545 g/mol. The third-order valence-corrected chi connectivity index (χ3v) is 6.38. The predicted molar refractivity (Wildman–Crippen MR) is 149 cm³/mol. The summed E-state index contributed by atoms with van der Waals surface area (Å²) in [5.41, 5.74) is -0.530. The van der Waals surface area contributed by atoms with Gasteiger partial charge in [-0.3, -0.25) is 24.7 Å². The third kappa shape index (κ3) is 5.96. The van der Waals surface area contributed by atoms with E-state index in [-0.39, 0.29) is 39.8 Å². The van der Waals surface area contributed by atoms with E-state index in [9.17, 15) is 24.5 Å². The summed E-state index contributed by atoms with van der Waals surface area (Å²) in [7, 11) is 1.68. The van der Waals surface area contributed by atoms with Gasteiger partial charge in [0.1, 0.15) is 11.1 Å². The van der Waals surface area contributed by atoms with Gasteiger partial charge < -0.3 is 20.0 Å². The number of rotatable bonds is 9. The third-order valence-electron chi connectivity index (χ3n) is 6.38.